The van der Waals surface area contributed by atoms with Crippen molar-refractivity contribution in [2.75, 3.05) is 31.5 Å². The number of carboxylic acid groups (broad SMARTS) is 1. The van der Waals surface area contributed by atoms with Gasteiger partial charge in [-0.05, 0) is 73.5 Å². The number of halogens is 3. The number of amides is 2. The van der Waals surface area contributed by atoms with Gasteiger partial charge in [0.25, 0.3) is 0 Å². The van der Waals surface area contributed by atoms with Gasteiger partial charge in [-0.2, -0.15) is 13.2 Å². The summed E-state index contributed by atoms with van der Waals surface area (Å²) in [7, 11) is 0. The third kappa shape index (κ3) is 7.33. The van der Waals surface area contributed by atoms with Crippen LogP contribution in [0.4, 0.5) is 19.0 Å². The summed E-state index contributed by atoms with van der Waals surface area (Å²) < 4.78 is 31.7. The molecule has 2 aromatic heterocycles. The van der Waals surface area contributed by atoms with Crippen molar-refractivity contribution in [3.05, 3.63) is 63.5 Å². The van der Waals surface area contributed by atoms with Crippen molar-refractivity contribution < 1.29 is 32.7 Å². The smallest absolute Gasteiger partial charge is 0.475 e. The summed E-state index contributed by atoms with van der Waals surface area (Å²) in [4.78, 5) is 42.0. The van der Waals surface area contributed by atoms with Crippen LogP contribution >= 0.6 is 11.3 Å². The van der Waals surface area contributed by atoms with Gasteiger partial charge in [-0.25, -0.2) is 9.78 Å². The topological polar surface area (TPSA) is 112 Å². The molecule has 5 rings (SSSR count). The van der Waals surface area contributed by atoms with E-state index in [1.807, 2.05) is 11.0 Å². The lowest BCUT2D eigenvalue weighted by atomic mass is 9.71. The molecule has 3 N–H and O–H groups in total. The molecule has 0 radical (unpaired) electrons. The molecule has 39 heavy (non-hydrogen) atoms. The van der Waals surface area contributed by atoms with Crippen molar-refractivity contribution in [2.45, 2.75) is 38.3 Å². The Bertz CT molecular complexity index is 1270. The van der Waals surface area contributed by atoms with E-state index in [2.05, 4.69) is 45.3 Å². The highest BCUT2D eigenvalue weighted by Gasteiger charge is 2.43. The number of hydrogen-bond donors (Lipinski definition) is 3. The number of carboxylic acids is 1. The van der Waals surface area contributed by atoms with E-state index in [1.165, 1.54) is 10.5 Å². The zero-order valence-electron chi connectivity index (χ0n) is 21.1. The van der Waals surface area contributed by atoms with Crippen molar-refractivity contribution in [2.24, 2.45) is 5.41 Å². The molecule has 2 amide bonds. The van der Waals surface area contributed by atoms with Crippen LogP contribution in [0.1, 0.15) is 35.3 Å². The number of anilines is 1. The standard InChI is InChI=1S/C25H28N4O2S.C2HF3O2/c30-22(29-11-5-18(6-12-29)15-21-2-1-13-32-21)4-3-19-14-20-16-25(7-9-26-10-8-25)24(31)28-23(20)27-17-19;3-2(4,5)1(6)7/h1-5,13-14,17,26H,6-12,15-16H2,(H,27,28,31);(H,6,7). The van der Waals surface area contributed by atoms with Crippen LogP contribution in [-0.2, 0) is 27.2 Å². The first-order valence-corrected chi connectivity index (χ1v) is 13.4. The van der Waals surface area contributed by atoms with Gasteiger partial charge in [0.05, 0.1) is 5.41 Å². The molecule has 8 nitrogen and oxygen atoms in total. The zero-order valence-corrected chi connectivity index (χ0v) is 21.9. The summed E-state index contributed by atoms with van der Waals surface area (Å²) in [6.07, 6.45) is 6.62. The van der Waals surface area contributed by atoms with Gasteiger partial charge in [0, 0.05) is 36.7 Å². The summed E-state index contributed by atoms with van der Waals surface area (Å²) in [5.74, 6) is -1.99. The van der Waals surface area contributed by atoms with E-state index in [0.717, 1.165) is 56.4 Å². The van der Waals surface area contributed by atoms with Gasteiger partial charge in [0.1, 0.15) is 5.82 Å². The molecule has 3 aliphatic rings. The average molecular weight is 563 g/mol. The SMILES string of the molecule is O=C(C=Cc1cnc2c(c1)CC1(CCNCC1)C(=O)N2)N1CC=C(Cc2cccs2)CC1.O=C(O)C(F)(F)F. The van der Waals surface area contributed by atoms with Crippen LogP contribution in [0.3, 0.4) is 0 Å². The largest absolute Gasteiger partial charge is 0.490 e. The number of hydrogen-bond acceptors (Lipinski definition) is 6. The number of pyridine rings is 1. The van der Waals surface area contributed by atoms with Gasteiger partial charge >= 0.3 is 12.1 Å². The molecular formula is C27H29F3N4O4S. The second-order valence-electron chi connectivity index (χ2n) is 9.73. The van der Waals surface area contributed by atoms with Gasteiger partial charge in [-0.1, -0.05) is 17.7 Å². The Hall–Kier alpha value is -3.51. The quantitative estimate of drug-likeness (QED) is 0.383. The number of aromatic nitrogens is 1. The lowest BCUT2D eigenvalue weighted by molar-refractivity contribution is -0.192. The van der Waals surface area contributed by atoms with Crippen molar-refractivity contribution in [1.82, 2.24) is 15.2 Å². The first kappa shape index (κ1) is 28.5. The Morgan fingerprint density at radius 2 is 2.00 bits per heavy atom. The Morgan fingerprint density at radius 1 is 1.26 bits per heavy atom. The van der Waals surface area contributed by atoms with Crippen molar-refractivity contribution in [3.8, 4) is 0 Å². The number of piperidine rings is 1. The fraction of sp³-hybridized carbons (Fsp3) is 0.407. The van der Waals surface area contributed by atoms with Crippen molar-refractivity contribution in [1.29, 1.82) is 0 Å². The number of nitrogens with zero attached hydrogens (tertiary/aromatic N) is 2. The molecule has 1 saturated heterocycles. The molecule has 208 valence electrons. The molecule has 12 heteroatoms. The van der Waals surface area contributed by atoms with E-state index in [-0.39, 0.29) is 17.2 Å². The number of thiophene rings is 1. The Morgan fingerprint density at radius 3 is 2.62 bits per heavy atom. The Balaban J connectivity index is 0.000000448. The highest BCUT2D eigenvalue weighted by molar-refractivity contribution is 7.09. The summed E-state index contributed by atoms with van der Waals surface area (Å²) in [5, 5.41) is 15.6. The number of aliphatic carboxylic acids is 1. The normalized spacial score (nSPS) is 18.6. The van der Waals surface area contributed by atoms with Gasteiger partial charge in [0.2, 0.25) is 11.8 Å². The van der Waals surface area contributed by atoms with Crippen molar-refractivity contribution in [3.63, 3.8) is 0 Å². The number of carbonyl (C=O) groups is 3. The van der Waals surface area contributed by atoms with Crippen LogP contribution in [0, 0.1) is 5.41 Å². The van der Waals surface area contributed by atoms with Crippen molar-refractivity contribution >= 4 is 41.0 Å². The maximum Gasteiger partial charge on any atom is 0.490 e. The van der Waals surface area contributed by atoms with Crippen LogP contribution < -0.4 is 10.6 Å². The van der Waals surface area contributed by atoms with E-state index in [4.69, 9.17) is 9.90 Å². The first-order valence-electron chi connectivity index (χ1n) is 12.5. The van der Waals surface area contributed by atoms with Gasteiger partial charge in [-0.15, -0.1) is 11.3 Å². The minimum Gasteiger partial charge on any atom is -0.475 e. The molecule has 5 heterocycles. The molecule has 0 saturated carbocycles. The Kier molecular flexibility index (Phi) is 8.86. The maximum absolute atomic E-state index is 12.7. The highest BCUT2D eigenvalue weighted by atomic mass is 32.1. The van der Waals surface area contributed by atoms with Crippen LogP contribution in [-0.4, -0.2) is 65.1 Å². The monoisotopic (exact) mass is 562 g/mol. The first-order chi connectivity index (χ1) is 18.6. The number of nitrogens with one attached hydrogen (secondary N) is 2. The van der Waals surface area contributed by atoms with Gasteiger partial charge in [-0.3, -0.25) is 9.59 Å². The van der Waals surface area contributed by atoms with Gasteiger partial charge in [0.15, 0.2) is 0 Å². The highest BCUT2D eigenvalue weighted by Crippen LogP contribution is 2.39. The van der Waals surface area contributed by atoms with Crippen LogP contribution in [0.5, 0.6) is 0 Å². The number of fused-ring (bicyclic) bond motifs is 1. The molecule has 0 bridgehead atoms. The van der Waals surface area contributed by atoms with E-state index in [9.17, 15) is 22.8 Å². The fourth-order valence-corrected chi connectivity index (χ4v) is 5.60. The Labute approximate surface area is 227 Å². The van der Waals surface area contributed by atoms with Crippen LogP contribution in [0.15, 0.2) is 47.5 Å². The molecule has 0 aliphatic carbocycles. The summed E-state index contributed by atoms with van der Waals surface area (Å²) >= 11 is 1.78. The van der Waals surface area contributed by atoms with Gasteiger partial charge < -0.3 is 20.6 Å². The lowest BCUT2D eigenvalue weighted by Gasteiger charge is -2.39. The summed E-state index contributed by atoms with van der Waals surface area (Å²) in [6.45, 7) is 3.15. The lowest BCUT2D eigenvalue weighted by Crippen LogP contribution is -2.48. The minimum atomic E-state index is -5.08. The number of carbonyl (C=O) groups excluding carboxylic acids is 2. The fourth-order valence-electron chi connectivity index (χ4n) is 4.84. The zero-order chi connectivity index (χ0) is 28.0. The molecular weight excluding hydrogens is 533 g/mol. The third-order valence-electron chi connectivity index (χ3n) is 7.05. The molecule has 1 spiro atoms. The van der Waals surface area contributed by atoms with E-state index < -0.39 is 12.1 Å². The molecule has 3 aliphatic heterocycles. The molecule has 0 unspecified atom stereocenters. The average Bonchev–Trinajstić information content (AvgIpc) is 3.42. The summed E-state index contributed by atoms with van der Waals surface area (Å²) in [6, 6.07) is 6.31. The molecule has 1 fully saturated rings. The van der Waals surface area contributed by atoms with Crippen LogP contribution in [0.2, 0.25) is 0 Å². The molecule has 2 aromatic rings. The van der Waals surface area contributed by atoms with E-state index >= 15 is 0 Å². The number of alkyl halides is 3. The predicted octanol–water partition coefficient (Wildman–Crippen LogP) is 4.06. The second kappa shape index (κ2) is 12.1. The summed E-state index contributed by atoms with van der Waals surface area (Å²) in [5.41, 5.74) is 3.02. The maximum atomic E-state index is 12.7. The molecule has 0 atom stereocenters. The van der Waals surface area contributed by atoms with Crippen LogP contribution in [0.25, 0.3) is 6.08 Å². The second-order valence-corrected chi connectivity index (χ2v) is 10.8. The predicted molar refractivity (Wildman–Crippen MR) is 141 cm³/mol. The molecule has 0 aromatic carbocycles. The van der Waals surface area contributed by atoms with E-state index in [1.54, 1.807) is 23.6 Å². The van der Waals surface area contributed by atoms with E-state index in [0.29, 0.717) is 18.8 Å². The number of rotatable bonds is 4. The third-order valence-corrected chi connectivity index (χ3v) is 7.92. The minimum absolute atomic E-state index is 0.0253.